The zero-order valence-corrected chi connectivity index (χ0v) is 10.8. The minimum Gasteiger partial charge on any atom is -0.508 e. The highest BCUT2D eigenvalue weighted by Crippen LogP contribution is 2.23. The number of aromatic nitrogens is 1. The fourth-order valence-electron chi connectivity index (χ4n) is 1.76. The van der Waals surface area contributed by atoms with Crippen molar-refractivity contribution in [3.63, 3.8) is 0 Å². The van der Waals surface area contributed by atoms with Crippen LogP contribution in [0.4, 0.5) is 5.69 Å². The summed E-state index contributed by atoms with van der Waals surface area (Å²) in [7, 11) is 0. The molecule has 4 heteroatoms. The van der Waals surface area contributed by atoms with Gasteiger partial charge < -0.3 is 10.4 Å². The fraction of sp³-hybridized carbons (Fsp3) is 0.200. The lowest BCUT2D eigenvalue weighted by atomic mass is 10.1. The van der Waals surface area contributed by atoms with Crippen molar-refractivity contribution < 1.29 is 9.90 Å². The topological polar surface area (TPSA) is 62.2 Å². The third-order valence-corrected chi connectivity index (χ3v) is 2.91. The van der Waals surface area contributed by atoms with Crippen LogP contribution in [0.3, 0.4) is 0 Å². The van der Waals surface area contributed by atoms with Gasteiger partial charge in [-0.1, -0.05) is 12.1 Å². The molecule has 0 atom stereocenters. The van der Waals surface area contributed by atoms with Gasteiger partial charge >= 0.3 is 0 Å². The average molecular weight is 256 g/mol. The van der Waals surface area contributed by atoms with Gasteiger partial charge in [-0.25, -0.2) is 0 Å². The van der Waals surface area contributed by atoms with Crippen LogP contribution >= 0.6 is 0 Å². The van der Waals surface area contributed by atoms with Crippen LogP contribution in [0.1, 0.15) is 17.7 Å². The summed E-state index contributed by atoms with van der Waals surface area (Å²) in [6.07, 6.45) is 2.68. The number of benzene rings is 1. The number of carbonyl (C=O) groups excluding carboxylic acids is 1. The molecule has 1 aromatic heterocycles. The second-order valence-corrected chi connectivity index (χ2v) is 4.32. The van der Waals surface area contributed by atoms with Crippen LogP contribution in [0.5, 0.6) is 5.75 Å². The molecule has 0 unspecified atom stereocenters. The first-order chi connectivity index (χ1) is 9.16. The van der Waals surface area contributed by atoms with E-state index in [1.54, 1.807) is 31.3 Å². The summed E-state index contributed by atoms with van der Waals surface area (Å²) in [6.45, 7) is 1.77. The first kappa shape index (κ1) is 13.1. The van der Waals surface area contributed by atoms with Crippen molar-refractivity contribution in [3.8, 4) is 5.75 Å². The smallest absolute Gasteiger partial charge is 0.224 e. The molecule has 2 aromatic rings. The Labute approximate surface area is 112 Å². The molecule has 0 radical (unpaired) electrons. The zero-order chi connectivity index (χ0) is 13.7. The SMILES string of the molecule is Cc1c(O)cccc1NC(=O)CCc1ccccn1. The highest BCUT2D eigenvalue weighted by Gasteiger charge is 2.07. The summed E-state index contributed by atoms with van der Waals surface area (Å²) in [4.78, 5) is 16.0. The molecule has 0 saturated carbocycles. The number of nitrogens with one attached hydrogen (secondary N) is 1. The first-order valence-electron chi connectivity index (χ1n) is 6.15. The predicted octanol–water partition coefficient (Wildman–Crippen LogP) is 2.67. The molecule has 0 fully saturated rings. The van der Waals surface area contributed by atoms with Crippen LogP contribution in [0, 0.1) is 6.92 Å². The third kappa shape index (κ3) is 3.55. The molecule has 2 N–H and O–H groups in total. The summed E-state index contributed by atoms with van der Waals surface area (Å²) in [6, 6.07) is 10.7. The van der Waals surface area contributed by atoms with Gasteiger partial charge in [0.05, 0.1) is 0 Å². The number of aryl methyl sites for hydroxylation is 1. The Hall–Kier alpha value is -2.36. The van der Waals surface area contributed by atoms with E-state index >= 15 is 0 Å². The van der Waals surface area contributed by atoms with Gasteiger partial charge in [-0.15, -0.1) is 0 Å². The molecule has 0 aliphatic rings. The molecule has 1 amide bonds. The van der Waals surface area contributed by atoms with Gasteiger partial charge in [-0.2, -0.15) is 0 Å². The van der Waals surface area contributed by atoms with Crippen molar-refractivity contribution in [2.24, 2.45) is 0 Å². The van der Waals surface area contributed by atoms with Crippen molar-refractivity contribution >= 4 is 11.6 Å². The van der Waals surface area contributed by atoms with Gasteiger partial charge in [0.15, 0.2) is 0 Å². The van der Waals surface area contributed by atoms with Gasteiger partial charge in [0.2, 0.25) is 5.91 Å². The van der Waals surface area contributed by atoms with Crippen LogP contribution in [0.2, 0.25) is 0 Å². The lowest BCUT2D eigenvalue weighted by Crippen LogP contribution is -2.13. The van der Waals surface area contributed by atoms with Gasteiger partial charge in [0, 0.05) is 29.6 Å². The molecule has 0 aliphatic carbocycles. The summed E-state index contributed by atoms with van der Waals surface area (Å²) < 4.78 is 0. The van der Waals surface area contributed by atoms with Crippen LogP contribution < -0.4 is 5.32 Å². The molecule has 0 spiro atoms. The van der Waals surface area contributed by atoms with Crippen LogP contribution in [-0.2, 0) is 11.2 Å². The maximum atomic E-state index is 11.8. The molecule has 1 aromatic carbocycles. The number of rotatable bonds is 4. The molecule has 2 rings (SSSR count). The van der Waals surface area contributed by atoms with E-state index in [2.05, 4.69) is 10.3 Å². The largest absolute Gasteiger partial charge is 0.508 e. The highest BCUT2D eigenvalue weighted by molar-refractivity contribution is 5.91. The second kappa shape index (κ2) is 6.00. The number of anilines is 1. The summed E-state index contributed by atoms with van der Waals surface area (Å²) >= 11 is 0. The molecule has 0 aliphatic heterocycles. The van der Waals surface area contributed by atoms with Gasteiger partial charge in [-0.3, -0.25) is 9.78 Å². The normalized spacial score (nSPS) is 10.2. The molecular formula is C15H16N2O2. The Bertz CT molecular complexity index is 568. The van der Waals surface area contributed by atoms with E-state index in [-0.39, 0.29) is 11.7 Å². The number of phenolic OH excluding ortho intramolecular Hbond substituents is 1. The fourth-order valence-corrected chi connectivity index (χ4v) is 1.76. The lowest BCUT2D eigenvalue weighted by molar-refractivity contribution is -0.116. The molecule has 0 saturated heterocycles. The highest BCUT2D eigenvalue weighted by atomic mass is 16.3. The monoisotopic (exact) mass is 256 g/mol. The number of amides is 1. The summed E-state index contributed by atoms with van der Waals surface area (Å²) in [5.41, 5.74) is 2.21. The number of phenols is 1. The maximum absolute atomic E-state index is 11.8. The van der Waals surface area contributed by atoms with E-state index in [1.807, 2.05) is 18.2 Å². The van der Waals surface area contributed by atoms with Gasteiger partial charge in [0.1, 0.15) is 5.75 Å². The average Bonchev–Trinajstić information content (AvgIpc) is 2.43. The summed E-state index contributed by atoms with van der Waals surface area (Å²) in [5.74, 6) is 0.0990. The zero-order valence-electron chi connectivity index (χ0n) is 10.8. The number of pyridine rings is 1. The van der Waals surface area contributed by atoms with Gasteiger partial charge in [0.25, 0.3) is 0 Å². The number of nitrogens with zero attached hydrogens (tertiary/aromatic N) is 1. The number of hydrogen-bond donors (Lipinski definition) is 2. The molecule has 0 bridgehead atoms. The quantitative estimate of drug-likeness (QED) is 0.884. The van der Waals surface area contributed by atoms with Crippen molar-refractivity contribution in [1.29, 1.82) is 0 Å². The minimum absolute atomic E-state index is 0.0839. The molecular weight excluding hydrogens is 240 g/mol. The molecule has 98 valence electrons. The van der Waals surface area contributed by atoms with E-state index in [1.165, 1.54) is 0 Å². The molecule has 1 heterocycles. The van der Waals surface area contributed by atoms with Crippen LogP contribution in [-0.4, -0.2) is 16.0 Å². The first-order valence-corrected chi connectivity index (χ1v) is 6.15. The van der Waals surface area contributed by atoms with Crippen molar-refractivity contribution in [3.05, 3.63) is 53.9 Å². The van der Waals surface area contributed by atoms with Gasteiger partial charge in [-0.05, 0) is 37.6 Å². The Morgan fingerprint density at radius 2 is 2.11 bits per heavy atom. The number of hydrogen-bond acceptors (Lipinski definition) is 3. The molecule has 19 heavy (non-hydrogen) atoms. The van der Waals surface area contributed by atoms with Crippen LogP contribution in [0.15, 0.2) is 42.6 Å². The summed E-state index contributed by atoms with van der Waals surface area (Å²) in [5, 5.41) is 12.4. The van der Waals surface area contributed by atoms with E-state index in [9.17, 15) is 9.90 Å². The standard InChI is InChI=1S/C15H16N2O2/c1-11-13(6-4-7-14(11)18)17-15(19)9-8-12-5-2-3-10-16-12/h2-7,10,18H,8-9H2,1H3,(H,17,19). The van der Waals surface area contributed by atoms with Crippen molar-refractivity contribution in [2.45, 2.75) is 19.8 Å². The minimum atomic E-state index is -0.0839. The van der Waals surface area contributed by atoms with Crippen molar-refractivity contribution in [1.82, 2.24) is 4.98 Å². The van der Waals surface area contributed by atoms with Crippen molar-refractivity contribution in [2.75, 3.05) is 5.32 Å². The van der Waals surface area contributed by atoms with E-state index < -0.39 is 0 Å². The lowest BCUT2D eigenvalue weighted by Gasteiger charge is -2.09. The number of aromatic hydroxyl groups is 1. The second-order valence-electron chi connectivity index (χ2n) is 4.32. The Morgan fingerprint density at radius 3 is 2.84 bits per heavy atom. The third-order valence-electron chi connectivity index (χ3n) is 2.91. The number of carbonyl (C=O) groups is 1. The molecule has 4 nitrogen and oxygen atoms in total. The Morgan fingerprint density at radius 1 is 1.26 bits per heavy atom. The van der Waals surface area contributed by atoms with E-state index in [0.717, 1.165) is 5.69 Å². The Balaban J connectivity index is 1.93. The van der Waals surface area contributed by atoms with E-state index in [0.29, 0.717) is 24.1 Å². The van der Waals surface area contributed by atoms with Crippen LogP contribution in [0.25, 0.3) is 0 Å². The predicted molar refractivity (Wildman–Crippen MR) is 74.0 cm³/mol. The van der Waals surface area contributed by atoms with E-state index in [4.69, 9.17) is 0 Å². The maximum Gasteiger partial charge on any atom is 0.224 e. The Kier molecular flexibility index (Phi) is 4.13.